The van der Waals surface area contributed by atoms with Crippen LogP contribution >= 0.6 is 11.3 Å². The van der Waals surface area contributed by atoms with Crippen LogP contribution in [0.3, 0.4) is 0 Å². The fourth-order valence-electron chi connectivity index (χ4n) is 7.43. The fourth-order valence-corrected chi connectivity index (χ4v) is 8.52. The van der Waals surface area contributed by atoms with Crippen LogP contribution in [0.1, 0.15) is 0 Å². The summed E-state index contributed by atoms with van der Waals surface area (Å²) in [5.74, 6) is 0.939. The van der Waals surface area contributed by atoms with Crippen molar-refractivity contribution in [1.29, 1.82) is 0 Å². The van der Waals surface area contributed by atoms with E-state index in [2.05, 4.69) is 174 Å². The molecule has 0 amide bonds. The highest BCUT2D eigenvalue weighted by molar-refractivity contribution is 7.25. The summed E-state index contributed by atoms with van der Waals surface area (Å²) in [5.41, 5.74) is 9.20. The highest BCUT2D eigenvalue weighted by Gasteiger charge is 2.22. The monoisotopic (exact) mass is 628 g/mol. The summed E-state index contributed by atoms with van der Waals surface area (Å²) in [6, 6.07) is 61.5. The van der Waals surface area contributed by atoms with Gasteiger partial charge < -0.3 is 0 Å². The molecule has 0 unspecified atom stereocenters. The molecule has 0 N–H and O–H groups in total. The van der Waals surface area contributed by atoms with E-state index in [1.807, 2.05) is 11.3 Å². The lowest BCUT2D eigenvalue weighted by Crippen LogP contribution is -2.01. The first-order valence-electron chi connectivity index (χ1n) is 16.3. The van der Waals surface area contributed by atoms with E-state index in [0.29, 0.717) is 0 Å². The smallest absolute Gasteiger partial charge is 0.145 e. The summed E-state index contributed by atoms with van der Waals surface area (Å²) >= 11 is 1.86. The number of para-hydroxylation sites is 2. The maximum atomic E-state index is 5.24. The first-order chi connectivity index (χ1) is 23.8. The first kappa shape index (κ1) is 27.1. The Morgan fingerprint density at radius 1 is 0.396 bits per heavy atom. The maximum absolute atomic E-state index is 5.24. The molecular formula is C45H28N2S. The second-order valence-corrected chi connectivity index (χ2v) is 13.4. The van der Waals surface area contributed by atoms with Gasteiger partial charge in [0.05, 0.1) is 16.7 Å². The number of nitrogens with zero attached hydrogens (tertiary/aromatic N) is 2. The van der Waals surface area contributed by atoms with Crippen molar-refractivity contribution in [2.24, 2.45) is 0 Å². The highest BCUT2D eigenvalue weighted by Crippen LogP contribution is 2.46. The van der Waals surface area contributed by atoms with Crippen molar-refractivity contribution in [2.75, 3.05) is 0 Å². The predicted molar refractivity (Wildman–Crippen MR) is 205 cm³/mol. The lowest BCUT2D eigenvalue weighted by Gasteiger charge is -2.21. The lowest BCUT2D eigenvalue weighted by molar-refractivity contribution is 1.13. The SMILES string of the molecule is c1ccc(-c2ccc3c(-n4c(-c5ccccc5)nc5ccccc54)c4ccccc4c(-c4ccc5sc6ccccc6c5c4)c3c2)cc1. The van der Waals surface area contributed by atoms with Crippen LogP contribution in [0, 0.1) is 0 Å². The van der Waals surface area contributed by atoms with Gasteiger partial charge in [0.25, 0.3) is 0 Å². The molecule has 224 valence electrons. The van der Waals surface area contributed by atoms with Crippen molar-refractivity contribution in [3.63, 3.8) is 0 Å². The third-order valence-electron chi connectivity index (χ3n) is 9.58. The minimum atomic E-state index is 0.939. The number of fused-ring (bicyclic) bond motifs is 6. The van der Waals surface area contributed by atoms with Gasteiger partial charge in [-0.15, -0.1) is 11.3 Å². The van der Waals surface area contributed by atoms with Crippen LogP contribution < -0.4 is 0 Å². The van der Waals surface area contributed by atoms with Crippen LogP contribution in [0.5, 0.6) is 0 Å². The van der Waals surface area contributed by atoms with Gasteiger partial charge >= 0.3 is 0 Å². The Kier molecular flexibility index (Phi) is 6.08. The van der Waals surface area contributed by atoms with Crippen LogP contribution in [-0.4, -0.2) is 9.55 Å². The summed E-state index contributed by atoms with van der Waals surface area (Å²) in [6.07, 6.45) is 0. The molecule has 48 heavy (non-hydrogen) atoms. The Bertz CT molecular complexity index is 2830. The number of thiophene rings is 1. The van der Waals surface area contributed by atoms with Gasteiger partial charge in [-0.2, -0.15) is 0 Å². The van der Waals surface area contributed by atoms with Gasteiger partial charge in [-0.1, -0.05) is 133 Å². The molecule has 2 heterocycles. The average Bonchev–Trinajstić information content (AvgIpc) is 3.73. The van der Waals surface area contributed by atoms with Gasteiger partial charge in [0, 0.05) is 36.5 Å². The Morgan fingerprint density at radius 2 is 1.00 bits per heavy atom. The Balaban J connectivity index is 1.37. The second kappa shape index (κ2) is 10.8. The van der Waals surface area contributed by atoms with Gasteiger partial charge in [-0.05, 0) is 69.4 Å². The van der Waals surface area contributed by atoms with E-state index in [-0.39, 0.29) is 0 Å². The molecule has 0 aliphatic carbocycles. The van der Waals surface area contributed by atoms with Gasteiger partial charge in [-0.3, -0.25) is 4.57 Å². The Morgan fingerprint density at radius 3 is 1.83 bits per heavy atom. The Labute approximate surface area is 281 Å². The number of hydrogen-bond donors (Lipinski definition) is 0. The van der Waals surface area contributed by atoms with Crippen LogP contribution in [0.25, 0.3) is 92.1 Å². The molecule has 0 fully saturated rings. The van der Waals surface area contributed by atoms with E-state index in [4.69, 9.17) is 4.98 Å². The number of imidazole rings is 1. The molecule has 8 aromatic carbocycles. The molecule has 0 saturated heterocycles. The third-order valence-corrected chi connectivity index (χ3v) is 10.7. The molecule has 0 bridgehead atoms. The molecule has 10 aromatic rings. The largest absolute Gasteiger partial charge is 0.291 e. The van der Waals surface area contributed by atoms with Crippen molar-refractivity contribution in [3.8, 4) is 39.3 Å². The quantitative estimate of drug-likeness (QED) is 0.177. The first-order valence-corrected chi connectivity index (χ1v) is 17.1. The van der Waals surface area contributed by atoms with E-state index < -0.39 is 0 Å². The van der Waals surface area contributed by atoms with Crippen molar-refractivity contribution >= 4 is 64.1 Å². The number of aromatic nitrogens is 2. The zero-order valence-corrected chi connectivity index (χ0v) is 26.8. The molecule has 2 aromatic heterocycles. The number of hydrogen-bond acceptors (Lipinski definition) is 2. The molecule has 0 spiro atoms. The lowest BCUT2D eigenvalue weighted by atomic mass is 9.88. The predicted octanol–water partition coefficient (Wildman–Crippen LogP) is 12.7. The molecule has 0 saturated carbocycles. The minimum Gasteiger partial charge on any atom is -0.291 e. The second-order valence-electron chi connectivity index (χ2n) is 12.3. The van der Waals surface area contributed by atoms with E-state index in [1.54, 1.807) is 0 Å². The average molecular weight is 629 g/mol. The van der Waals surface area contributed by atoms with E-state index >= 15 is 0 Å². The van der Waals surface area contributed by atoms with E-state index in [9.17, 15) is 0 Å². The molecule has 10 rings (SSSR count). The minimum absolute atomic E-state index is 0.939. The third kappa shape index (κ3) is 4.15. The summed E-state index contributed by atoms with van der Waals surface area (Å²) in [6.45, 7) is 0. The van der Waals surface area contributed by atoms with Crippen molar-refractivity contribution < 1.29 is 0 Å². The summed E-state index contributed by atoms with van der Waals surface area (Å²) in [7, 11) is 0. The zero-order valence-electron chi connectivity index (χ0n) is 26.0. The molecule has 3 heteroatoms. The number of rotatable bonds is 4. The summed E-state index contributed by atoms with van der Waals surface area (Å²) in [4.78, 5) is 5.24. The molecule has 2 nitrogen and oxygen atoms in total. The normalized spacial score (nSPS) is 11.8. The van der Waals surface area contributed by atoms with Crippen LogP contribution in [0.2, 0.25) is 0 Å². The van der Waals surface area contributed by atoms with Gasteiger partial charge in [0.15, 0.2) is 0 Å². The van der Waals surface area contributed by atoms with Crippen LogP contribution in [-0.2, 0) is 0 Å². The Hall–Kier alpha value is -6.03. The van der Waals surface area contributed by atoms with Gasteiger partial charge in [-0.25, -0.2) is 4.98 Å². The topological polar surface area (TPSA) is 17.8 Å². The van der Waals surface area contributed by atoms with E-state index in [1.165, 1.54) is 64.0 Å². The van der Waals surface area contributed by atoms with Crippen LogP contribution in [0.15, 0.2) is 170 Å². The number of benzene rings is 8. The highest BCUT2D eigenvalue weighted by atomic mass is 32.1. The van der Waals surface area contributed by atoms with Crippen LogP contribution in [0.4, 0.5) is 0 Å². The van der Waals surface area contributed by atoms with Crippen molar-refractivity contribution in [1.82, 2.24) is 9.55 Å². The molecule has 0 radical (unpaired) electrons. The molecule has 0 atom stereocenters. The summed E-state index contributed by atoms with van der Waals surface area (Å²) < 4.78 is 5.02. The fraction of sp³-hybridized carbons (Fsp3) is 0. The van der Waals surface area contributed by atoms with Gasteiger partial charge in [0.2, 0.25) is 0 Å². The standard InChI is InChI=1S/C45H28N2S/c1-3-13-29(14-4-1)31-23-25-36-38(27-31)43(32-24-26-42-37(28-32)33-17-9-12-22-41(33)48-42)34-18-7-8-19-35(34)44(36)47-40-21-11-10-20-39(40)46-45(47)30-15-5-2-6-16-30/h1-28H. The summed E-state index contributed by atoms with van der Waals surface area (Å²) in [5, 5.41) is 7.45. The van der Waals surface area contributed by atoms with Crippen molar-refractivity contribution in [3.05, 3.63) is 170 Å². The van der Waals surface area contributed by atoms with Crippen molar-refractivity contribution in [2.45, 2.75) is 0 Å². The molecule has 0 aliphatic heterocycles. The zero-order chi connectivity index (χ0) is 31.6. The molecular weight excluding hydrogens is 601 g/mol. The molecule has 0 aliphatic rings. The van der Waals surface area contributed by atoms with E-state index in [0.717, 1.165) is 28.1 Å². The van der Waals surface area contributed by atoms with Gasteiger partial charge in [0.1, 0.15) is 5.82 Å². The maximum Gasteiger partial charge on any atom is 0.145 e.